The zero-order valence-corrected chi connectivity index (χ0v) is 9.04. The van der Waals surface area contributed by atoms with Crippen LogP contribution in [0.2, 0.25) is 0 Å². The summed E-state index contributed by atoms with van der Waals surface area (Å²) in [6, 6.07) is 4.05. The van der Waals surface area contributed by atoms with Gasteiger partial charge in [0.25, 0.3) is 0 Å². The summed E-state index contributed by atoms with van der Waals surface area (Å²) in [5.74, 6) is -1.49. The summed E-state index contributed by atoms with van der Waals surface area (Å²) in [6.45, 7) is 2.31. The Kier molecular flexibility index (Phi) is 2.90. The molecule has 0 aliphatic carbocycles. The third kappa shape index (κ3) is 1.92. The van der Waals surface area contributed by atoms with E-state index >= 15 is 0 Å². The maximum Gasteiger partial charge on any atom is 0.182 e. The normalized spacial score (nSPS) is 21.3. The second-order valence-electron chi connectivity index (χ2n) is 4.11. The quantitative estimate of drug-likeness (QED) is 0.732. The first-order valence-corrected chi connectivity index (χ1v) is 5.32. The van der Waals surface area contributed by atoms with E-state index in [1.807, 2.05) is 6.92 Å². The Hall–Kier alpha value is -1.45. The smallest absolute Gasteiger partial charge is 0.182 e. The lowest BCUT2D eigenvalue weighted by Crippen LogP contribution is -2.41. The van der Waals surface area contributed by atoms with E-state index < -0.39 is 11.6 Å². The molecule has 16 heavy (non-hydrogen) atoms. The van der Waals surface area contributed by atoms with E-state index in [0.717, 1.165) is 6.07 Å². The fraction of sp³-hybridized carbons (Fsp3) is 0.417. The minimum atomic E-state index is -0.846. The van der Waals surface area contributed by atoms with Crippen molar-refractivity contribution in [1.29, 1.82) is 0 Å². The summed E-state index contributed by atoms with van der Waals surface area (Å²) in [5, 5.41) is 0. The lowest BCUT2D eigenvalue weighted by atomic mass is 10.0. The third-order valence-corrected chi connectivity index (χ3v) is 2.93. The molecule has 1 atom stereocenters. The molecule has 1 aliphatic rings. The lowest BCUT2D eigenvalue weighted by Gasteiger charge is -2.34. The Labute approximate surface area is 92.9 Å². The molecular formula is C12H13F2NO. The number of carbonyl (C=O) groups is 1. The van der Waals surface area contributed by atoms with Crippen LogP contribution in [0.5, 0.6) is 0 Å². The maximum atomic E-state index is 13.6. The Bertz CT molecular complexity index is 419. The van der Waals surface area contributed by atoms with Crippen LogP contribution in [-0.4, -0.2) is 18.4 Å². The highest BCUT2D eigenvalue weighted by Gasteiger charge is 2.26. The van der Waals surface area contributed by atoms with Crippen molar-refractivity contribution in [2.24, 2.45) is 0 Å². The first-order chi connectivity index (χ1) is 7.59. The second kappa shape index (κ2) is 4.20. The Morgan fingerprint density at radius 2 is 2.12 bits per heavy atom. The second-order valence-corrected chi connectivity index (χ2v) is 4.11. The molecule has 1 fully saturated rings. The van der Waals surface area contributed by atoms with Gasteiger partial charge in [-0.1, -0.05) is 6.07 Å². The Morgan fingerprint density at radius 1 is 1.38 bits per heavy atom. The molecule has 2 nitrogen and oxygen atoms in total. The van der Waals surface area contributed by atoms with E-state index in [-0.39, 0.29) is 17.5 Å². The fourth-order valence-electron chi connectivity index (χ4n) is 2.08. The van der Waals surface area contributed by atoms with Crippen molar-refractivity contribution in [1.82, 2.24) is 0 Å². The van der Waals surface area contributed by atoms with Crippen molar-refractivity contribution in [3.63, 3.8) is 0 Å². The highest BCUT2D eigenvalue weighted by atomic mass is 19.2. The van der Waals surface area contributed by atoms with Crippen molar-refractivity contribution < 1.29 is 13.6 Å². The largest absolute Gasteiger partial charge is 0.365 e. The van der Waals surface area contributed by atoms with Gasteiger partial charge in [-0.15, -0.1) is 0 Å². The summed E-state index contributed by atoms with van der Waals surface area (Å²) < 4.78 is 26.6. The number of halogens is 2. The molecule has 0 radical (unpaired) electrons. The molecule has 86 valence electrons. The third-order valence-electron chi connectivity index (χ3n) is 2.93. The molecule has 1 aromatic rings. The topological polar surface area (TPSA) is 20.3 Å². The molecule has 0 amide bonds. The summed E-state index contributed by atoms with van der Waals surface area (Å²) in [5.41, 5.74) is 0.250. The van der Waals surface area contributed by atoms with Crippen LogP contribution < -0.4 is 4.90 Å². The number of piperidine rings is 1. The molecule has 2 rings (SSSR count). The number of benzene rings is 1. The first kappa shape index (κ1) is 11.0. The monoisotopic (exact) mass is 225 g/mol. The van der Waals surface area contributed by atoms with Gasteiger partial charge in [-0.25, -0.2) is 8.78 Å². The maximum absolute atomic E-state index is 13.6. The molecule has 1 unspecified atom stereocenters. The van der Waals surface area contributed by atoms with Gasteiger partial charge in [-0.05, 0) is 19.1 Å². The van der Waals surface area contributed by atoms with Gasteiger partial charge in [0.1, 0.15) is 5.78 Å². The van der Waals surface area contributed by atoms with E-state index in [0.29, 0.717) is 19.4 Å². The minimum Gasteiger partial charge on any atom is -0.365 e. The van der Waals surface area contributed by atoms with Crippen LogP contribution in [0.25, 0.3) is 0 Å². The predicted octanol–water partition coefficient (Wildman–Crippen LogP) is 2.52. The molecule has 0 aromatic heterocycles. The van der Waals surface area contributed by atoms with Gasteiger partial charge in [0.15, 0.2) is 11.6 Å². The van der Waals surface area contributed by atoms with Gasteiger partial charge in [0.05, 0.1) is 5.69 Å². The van der Waals surface area contributed by atoms with E-state index in [4.69, 9.17) is 0 Å². The van der Waals surface area contributed by atoms with Gasteiger partial charge in [-0.3, -0.25) is 4.79 Å². The SMILES string of the molecule is CC1CC(=O)CCN1c1cccc(F)c1F. The summed E-state index contributed by atoms with van der Waals surface area (Å²) in [7, 11) is 0. The van der Waals surface area contributed by atoms with Crippen LogP contribution in [0.4, 0.5) is 14.5 Å². The molecule has 0 bridgehead atoms. The van der Waals surface area contributed by atoms with Crippen LogP contribution in [-0.2, 0) is 4.79 Å². The number of Topliss-reactive ketones (excluding diaryl/α,β-unsaturated/α-hetero) is 1. The van der Waals surface area contributed by atoms with Crippen LogP contribution in [0.3, 0.4) is 0 Å². The van der Waals surface area contributed by atoms with Crippen molar-refractivity contribution in [3.05, 3.63) is 29.8 Å². The zero-order chi connectivity index (χ0) is 11.7. The average Bonchev–Trinajstić information content (AvgIpc) is 2.23. The number of carbonyl (C=O) groups excluding carboxylic acids is 1. The van der Waals surface area contributed by atoms with Gasteiger partial charge in [-0.2, -0.15) is 0 Å². The molecule has 4 heteroatoms. The predicted molar refractivity (Wildman–Crippen MR) is 57.4 cm³/mol. The van der Waals surface area contributed by atoms with Crippen LogP contribution in [0, 0.1) is 11.6 Å². The Morgan fingerprint density at radius 3 is 2.81 bits per heavy atom. The molecule has 0 N–H and O–H groups in total. The Balaban J connectivity index is 2.30. The standard InChI is InChI=1S/C12H13F2NO/c1-8-7-9(16)5-6-15(8)11-4-2-3-10(13)12(11)14/h2-4,8H,5-7H2,1H3. The van der Waals surface area contributed by atoms with Crippen molar-refractivity contribution >= 4 is 11.5 Å². The highest BCUT2D eigenvalue weighted by molar-refractivity contribution is 5.81. The summed E-state index contributed by atoms with van der Waals surface area (Å²) in [4.78, 5) is 13.0. The molecule has 0 saturated carbocycles. The molecule has 1 aliphatic heterocycles. The number of ketones is 1. The molecule has 1 heterocycles. The van der Waals surface area contributed by atoms with Gasteiger partial charge < -0.3 is 4.90 Å². The van der Waals surface area contributed by atoms with Gasteiger partial charge >= 0.3 is 0 Å². The molecule has 1 saturated heterocycles. The van der Waals surface area contributed by atoms with Crippen LogP contribution in [0.15, 0.2) is 18.2 Å². The van der Waals surface area contributed by atoms with E-state index in [2.05, 4.69) is 0 Å². The number of anilines is 1. The first-order valence-electron chi connectivity index (χ1n) is 5.32. The molecule has 1 aromatic carbocycles. The zero-order valence-electron chi connectivity index (χ0n) is 9.04. The van der Waals surface area contributed by atoms with E-state index in [1.165, 1.54) is 6.07 Å². The number of hydrogen-bond acceptors (Lipinski definition) is 2. The summed E-state index contributed by atoms with van der Waals surface area (Å²) >= 11 is 0. The van der Waals surface area contributed by atoms with Crippen LogP contribution in [0.1, 0.15) is 19.8 Å². The van der Waals surface area contributed by atoms with Crippen LogP contribution >= 0.6 is 0 Å². The number of nitrogens with zero attached hydrogens (tertiary/aromatic N) is 1. The fourth-order valence-corrected chi connectivity index (χ4v) is 2.08. The average molecular weight is 225 g/mol. The summed E-state index contributed by atoms with van der Waals surface area (Å²) in [6.07, 6.45) is 0.802. The minimum absolute atomic E-state index is 0.0717. The van der Waals surface area contributed by atoms with Gasteiger partial charge in [0.2, 0.25) is 0 Å². The highest BCUT2D eigenvalue weighted by Crippen LogP contribution is 2.27. The van der Waals surface area contributed by atoms with Gasteiger partial charge in [0, 0.05) is 25.4 Å². The van der Waals surface area contributed by atoms with Crippen molar-refractivity contribution in [2.75, 3.05) is 11.4 Å². The van der Waals surface area contributed by atoms with Crippen molar-refractivity contribution in [3.8, 4) is 0 Å². The van der Waals surface area contributed by atoms with Crippen molar-refractivity contribution in [2.45, 2.75) is 25.8 Å². The number of hydrogen-bond donors (Lipinski definition) is 0. The number of rotatable bonds is 1. The van der Waals surface area contributed by atoms with E-state index in [1.54, 1.807) is 11.0 Å². The lowest BCUT2D eigenvalue weighted by molar-refractivity contribution is -0.120. The van der Waals surface area contributed by atoms with E-state index in [9.17, 15) is 13.6 Å². The molecule has 0 spiro atoms. The molecular weight excluding hydrogens is 212 g/mol.